The summed E-state index contributed by atoms with van der Waals surface area (Å²) in [7, 11) is 0. The van der Waals surface area contributed by atoms with Crippen LogP contribution in [-0.4, -0.2) is 24.6 Å². The Morgan fingerprint density at radius 3 is 2.82 bits per heavy atom. The summed E-state index contributed by atoms with van der Waals surface area (Å²) in [5, 5.41) is 6.05. The van der Waals surface area contributed by atoms with Crippen molar-refractivity contribution in [2.45, 2.75) is 0 Å². The fraction of sp³-hybridized carbons (Fsp3) is 0.0714. The van der Waals surface area contributed by atoms with Gasteiger partial charge in [0.2, 0.25) is 0 Å². The van der Waals surface area contributed by atoms with E-state index in [9.17, 15) is 14.0 Å². The second kappa shape index (κ2) is 7.69. The van der Waals surface area contributed by atoms with Gasteiger partial charge in [0, 0.05) is 5.56 Å². The number of carbonyl (C=O) groups excluding carboxylic acids is 2. The fourth-order valence-electron chi connectivity index (χ4n) is 1.50. The molecule has 0 unspecified atom stereocenters. The molecule has 114 valence electrons. The third-order valence-corrected chi connectivity index (χ3v) is 3.05. The number of amides is 2. The van der Waals surface area contributed by atoms with Gasteiger partial charge in [-0.25, -0.2) is 9.82 Å². The van der Waals surface area contributed by atoms with Gasteiger partial charge in [-0.15, -0.1) is 0 Å². The van der Waals surface area contributed by atoms with Crippen LogP contribution in [0.4, 0.5) is 4.39 Å². The van der Waals surface area contributed by atoms with E-state index in [1.54, 1.807) is 12.1 Å². The zero-order valence-corrected chi connectivity index (χ0v) is 13.3. The predicted octanol–water partition coefficient (Wildman–Crippen LogP) is 1.90. The fourth-order valence-corrected chi connectivity index (χ4v) is 1.93. The lowest BCUT2D eigenvalue weighted by atomic mass is 10.2. The number of carbonyl (C=O) groups is 2. The van der Waals surface area contributed by atoms with Gasteiger partial charge >= 0.3 is 0 Å². The van der Waals surface area contributed by atoms with Crippen LogP contribution in [0.2, 0.25) is 0 Å². The van der Waals surface area contributed by atoms with Crippen LogP contribution in [0.1, 0.15) is 16.1 Å². The number of nitrogens with one attached hydrogen (secondary N) is 2. The number of hydrazone groups is 1. The number of nitrogens with zero attached hydrogens (tertiary/aromatic N) is 1. The van der Waals surface area contributed by atoms with Gasteiger partial charge in [-0.3, -0.25) is 9.59 Å². The van der Waals surface area contributed by atoms with Crippen LogP contribution < -0.4 is 10.7 Å². The van der Waals surface area contributed by atoms with Crippen LogP contribution in [0.3, 0.4) is 0 Å². The lowest BCUT2D eigenvalue weighted by Crippen LogP contribution is -2.34. The largest absolute Gasteiger partial charge is 0.449 e. The van der Waals surface area contributed by atoms with Crippen LogP contribution in [0.5, 0.6) is 0 Å². The van der Waals surface area contributed by atoms with Gasteiger partial charge in [0.05, 0.1) is 12.8 Å². The number of benzene rings is 1. The highest BCUT2D eigenvalue weighted by atomic mass is 127. The molecule has 1 aromatic carbocycles. The highest BCUT2D eigenvalue weighted by molar-refractivity contribution is 14.1. The number of hydrogen-bond donors (Lipinski definition) is 2. The lowest BCUT2D eigenvalue weighted by Gasteiger charge is -2.04. The molecule has 0 radical (unpaired) electrons. The molecule has 0 saturated carbocycles. The number of halogens is 2. The monoisotopic (exact) mass is 415 g/mol. The highest BCUT2D eigenvalue weighted by Gasteiger charge is 2.08. The topological polar surface area (TPSA) is 83.7 Å². The summed E-state index contributed by atoms with van der Waals surface area (Å²) in [4.78, 5) is 23.2. The molecule has 0 aliphatic rings. The van der Waals surface area contributed by atoms with E-state index in [2.05, 4.69) is 15.8 Å². The summed E-state index contributed by atoms with van der Waals surface area (Å²) >= 11 is 2.00. The Hall–Kier alpha value is -2.23. The maximum Gasteiger partial charge on any atom is 0.259 e. The number of hydrogen-bond acceptors (Lipinski definition) is 4. The molecular weight excluding hydrogens is 404 g/mol. The highest BCUT2D eigenvalue weighted by Crippen LogP contribution is 2.07. The second-order valence-corrected chi connectivity index (χ2v) is 5.19. The standard InChI is InChI=1S/C14H11FIN3O3/c15-10-3-1-2-9(6-10)14(21)17-8-13(20)19-18-7-11-4-5-12(16)22-11/h1-7H,8H2,(H,17,21)(H,19,20). The number of furan rings is 1. The molecule has 2 aromatic rings. The van der Waals surface area contributed by atoms with Gasteiger partial charge in [-0.1, -0.05) is 6.07 Å². The Balaban J connectivity index is 1.78. The molecule has 0 fully saturated rings. The molecule has 2 rings (SSSR count). The molecule has 0 aliphatic heterocycles. The van der Waals surface area contributed by atoms with E-state index in [0.717, 1.165) is 6.07 Å². The molecule has 0 aliphatic carbocycles. The summed E-state index contributed by atoms with van der Waals surface area (Å²) < 4.78 is 18.9. The van der Waals surface area contributed by atoms with Gasteiger partial charge < -0.3 is 9.73 Å². The summed E-state index contributed by atoms with van der Waals surface area (Å²) in [5.41, 5.74) is 2.38. The third-order valence-electron chi connectivity index (χ3n) is 2.47. The molecule has 0 saturated heterocycles. The van der Waals surface area contributed by atoms with E-state index >= 15 is 0 Å². The molecule has 22 heavy (non-hydrogen) atoms. The van der Waals surface area contributed by atoms with Crippen molar-refractivity contribution >= 4 is 40.6 Å². The normalized spacial score (nSPS) is 10.6. The molecule has 0 spiro atoms. The van der Waals surface area contributed by atoms with Crippen molar-refractivity contribution in [1.82, 2.24) is 10.7 Å². The van der Waals surface area contributed by atoms with E-state index in [1.165, 1.54) is 24.4 Å². The molecule has 1 heterocycles. The quantitative estimate of drug-likeness (QED) is 0.445. The van der Waals surface area contributed by atoms with E-state index in [-0.39, 0.29) is 12.1 Å². The van der Waals surface area contributed by atoms with E-state index in [4.69, 9.17) is 4.42 Å². The predicted molar refractivity (Wildman–Crippen MR) is 85.9 cm³/mol. The summed E-state index contributed by atoms with van der Waals surface area (Å²) in [6, 6.07) is 8.64. The minimum Gasteiger partial charge on any atom is -0.449 e. The van der Waals surface area contributed by atoms with E-state index in [1.807, 2.05) is 22.6 Å². The minimum absolute atomic E-state index is 0.140. The van der Waals surface area contributed by atoms with Crippen molar-refractivity contribution in [1.29, 1.82) is 0 Å². The van der Waals surface area contributed by atoms with Crippen molar-refractivity contribution in [3.63, 3.8) is 0 Å². The van der Waals surface area contributed by atoms with Crippen LogP contribution in [0, 0.1) is 9.58 Å². The lowest BCUT2D eigenvalue weighted by molar-refractivity contribution is -0.120. The molecular formula is C14H11FIN3O3. The first-order chi connectivity index (χ1) is 10.5. The molecule has 0 atom stereocenters. The summed E-state index contributed by atoms with van der Waals surface area (Å²) in [6.45, 7) is -0.275. The summed E-state index contributed by atoms with van der Waals surface area (Å²) in [6.07, 6.45) is 1.34. The Labute approximate surface area is 138 Å². The molecule has 2 amide bonds. The molecule has 1 aromatic heterocycles. The van der Waals surface area contributed by atoms with Crippen molar-refractivity contribution < 1.29 is 18.4 Å². The maximum absolute atomic E-state index is 13.0. The van der Waals surface area contributed by atoms with Crippen molar-refractivity contribution in [2.24, 2.45) is 5.10 Å². The molecule has 8 heteroatoms. The Morgan fingerprint density at radius 1 is 1.32 bits per heavy atom. The first-order valence-electron chi connectivity index (χ1n) is 6.15. The SMILES string of the molecule is O=C(CNC(=O)c1cccc(F)c1)NN=Cc1ccc(I)o1. The minimum atomic E-state index is -0.542. The average molecular weight is 415 g/mol. The van der Waals surface area contributed by atoms with Gasteiger partial charge in [-0.2, -0.15) is 5.10 Å². The van der Waals surface area contributed by atoms with Gasteiger partial charge in [0.15, 0.2) is 3.77 Å². The van der Waals surface area contributed by atoms with Crippen LogP contribution in [0.15, 0.2) is 45.9 Å². The van der Waals surface area contributed by atoms with Crippen molar-refractivity contribution in [3.8, 4) is 0 Å². The van der Waals surface area contributed by atoms with Gasteiger partial charge in [-0.05, 0) is 52.9 Å². The Kier molecular flexibility index (Phi) is 5.64. The van der Waals surface area contributed by atoms with Gasteiger partial charge in [0.25, 0.3) is 11.8 Å². The molecule has 2 N–H and O–H groups in total. The van der Waals surface area contributed by atoms with Crippen LogP contribution >= 0.6 is 22.6 Å². The summed E-state index contributed by atoms with van der Waals surface area (Å²) in [5.74, 6) is -1.08. The van der Waals surface area contributed by atoms with Crippen molar-refractivity contribution in [2.75, 3.05) is 6.54 Å². The first-order valence-corrected chi connectivity index (χ1v) is 7.23. The third kappa shape index (κ3) is 4.95. The van der Waals surface area contributed by atoms with Crippen molar-refractivity contribution in [3.05, 3.63) is 57.3 Å². The van der Waals surface area contributed by atoms with Crippen LogP contribution in [0.25, 0.3) is 0 Å². The molecule has 0 bridgehead atoms. The zero-order chi connectivity index (χ0) is 15.9. The Bertz CT molecular complexity index is 715. The van der Waals surface area contributed by atoms with Crippen LogP contribution in [-0.2, 0) is 4.79 Å². The second-order valence-electron chi connectivity index (χ2n) is 4.13. The van der Waals surface area contributed by atoms with Gasteiger partial charge in [0.1, 0.15) is 11.6 Å². The smallest absolute Gasteiger partial charge is 0.259 e. The van der Waals surface area contributed by atoms with E-state index < -0.39 is 17.6 Å². The molecule has 6 nitrogen and oxygen atoms in total. The van der Waals surface area contributed by atoms with E-state index in [0.29, 0.717) is 9.53 Å². The average Bonchev–Trinajstić information content (AvgIpc) is 2.90. The first kappa shape index (κ1) is 16.1. The number of rotatable bonds is 5. The maximum atomic E-state index is 13.0. The zero-order valence-electron chi connectivity index (χ0n) is 11.2. The Morgan fingerprint density at radius 2 is 2.14 bits per heavy atom.